The zero-order chi connectivity index (χ0) is 15.8. The van der Waals surface area contributed by atoms with Gasteiger partial charge in [0, 0.05) is 19.5 Å². The van der Waals surface area contributed by atoms with E-state index in [9.17, 15) is 14.4 Å². The van der Waals surface area contributed by atoms with Crippen LogP contribution < -0.4 is 16.0 Å². The van der Waals surface area contributed by atoms with Crippen LogP contribution in [0.5, 0.6) is 0 Å². The first-order valence-corrected chi connectivity index (χ1v) is 6.66. The molecule has 7 nitrogen and oxygen atoms in total. The molecule has 0 fully saturated rings. The van der Waals surface area contributed by atoms with Crippen LogP contribution in [-0.4, -0.2) is 36.1 Å². The summed E-state index contributed by atoms with van der Waals surface area (Å²) >= 11 is 5.78. The number of hydrogen-bond acceptors (Lipinski definition) is 3. The first-order valence-electron chi connectivity index (χ1n) is 6.29. The lowest BCUT2D eigenvalue weighted by molar-refractivity contribution is -0.120. The smallest absolute Gasteiger partial charge is 0.339 e. The molecule has 0 radical (unpaired) electrons. The molecular formula is C13H16ClN3O4. The molecule has 0 saturated heterocycles. The van der Waals surface area contributed by atoms with Crippen molar-refractivity contribution in [3.05, 3.63) is 28.8 Å². The van der Waals surface area contributed by atoms with Crippen LogP contribution in [0.2, 0.25) is 5.02 Å². The molecule has 0 aromatic heterocycles. The van der Waals surface area contributed by atoms with Crippen molar-refractivity contribution < 1.29 is 19.5 Å². The lowest BCUT2D eigenvalue weighted by Gasteiger charge is -2.10. The molecule has 0 unspecified atom stereocenters. The van der Waals surface area contributed by atoms with E-state index in [-0.39, 0.29) is 35.1 Å². The van der Waals surface area contributed by atoms with Gasteiger partial charge in [-0.05, 0) is 19.1 Å². The van der Waals surface area contributed by atoms with Gasteiger partial charge in [0.05, 0.1) is 10.7 Å². The van der Waals surface area contributed by atoms with Gasteiger partial charge >= 0.3 is 12.0 Å². The monoisotopic (exact) mass is 313 g/mol. The van der Waals surface area contributed by atoms with Crippen molar-refractivity contribution in [1.29, 1.82) is 0 Å². The van der Waals surface area contributed by atoms with E-state index >= 15 is 0 Å². The van der Waals surface area contributed by atoms with Crippen LogP contribution in [0, 0.1) is 0 Å². The number of halogens is 1. The van der Waals surface area contributed by atoms with Crippen LogP contribution in [-0.2, 0) is 4.79 Å². The van der Waals surface area contributed by atoms with E-state index in [1.807, 2.05) is 0 Å². The number of carbonyl (C=O) groups is 3. The highest BCUT2D eigenvalue weighted by atomic mass is 35.5. The minimum Gasteiger partial charge on any atom is -0.478 e. The Kier molecular flexibility index (Phi) is 6.48. The van der Waals surface area contributed by atoms with Gasteiger partial charge in [0.15, 0.2) is 0 Å². The summed E-state index contributed by atoms with van der Waals surface area (Å²) in [5.41, 5.74) is -0.0939. The summed E-state index contributed by atoms with van der Waals surface area (Å²) in [5.74, 6) is -1.41. The number of anilines is 1. The minimum atomic E-state index is -1.24. The Morgan fingerprint density at radius 2 is 1.95 bits per heavy atom. The van der Waals surface area contributed by atoms with E-state index < -0.39 is 12.0 Å². The van der Waals surface area contributed by atoms with E-state index in [0.717, 1.165) is 0 Å². The van der Waals surface area contributed by atoms with Crippen molar-refractivity contribution >= 4 is 35.2 Å². The lowest BCUT2D eigenvalue weighted by atomic mass is 10.2. The molecule has 1 rings (SSSR count). The molecule has 0 saturated carbocycles. The fraction of sp³-hybridized carbons (Fsp3) is 0.308. The number of rotatable bonds is 6. The van der Waals surface area contributed by atoms with Crippen LogP contribution >= 0.6 is 11.6 Å². The van der Waals surface area contributed by atoms with E-state index in [2.05, 4.69) is 16.0 Å². The second-order valence-corrected chi connectivity index (χ2v) is 4.46. The van der Waals surface area contributed by atoms with Gasteiger partial charge < -0.3 is 21.1 Å². The summed E-state index contributed by atoms with van der Waals surface area (Å²) in [6, 6.07) is 3.77. The standard InChI is InChI=1S/C13H16ClN3O4/c1-2-15-10(18)6-7-16-13(21)17-9-5-3-4-8(14)11(9)12(19)20/h3-5H,2,6-7H2,1H3,(H,15,18)(H,19,20)(H2,16,17,21). The molecule has 8 heteroatoms. The summed E-state index contributed by atoms with van der Waals surface area (Å²) in [6.07, 6.45) is 0.141. The maximum absolute atomic E-state index is 11.6. The summed E-state index contributed by atoms with van der Waals surface area (Å²) < 4.78 is 0. The Morgan fingerprint density at radius 1 is 1.24 bits per heavy atom. The number of benzene rings is 1. The molecule has 0 aliphatic heterocycles. The van der Waals surface area contributed by atoms with E-state index in [1.165, 1.54) is 18.2 Å². The van der Waals surface area contributed by atoms with E-state index in [4.69, 9.17) is 16.7 Å². The second-order valence-electron chi connectivity index (χ2n) is 4.05. The van der Waals surface area contributed by atoms with Gasteiger partial charge in [-0.25, -0.2) is 9.59 Å². The average Bonchev–Trinajstić information content (AvgIpc) is 2.38. The summed E-state index contributed by atoms with van der Waals surface area (Å²) in [5, 5.41) is 16.5. The minimum absolute atomic E-state index is 0.0302. The van der Waals surface area contributed by atoms with Crippen molar-refractivity contribution in [2.24, 2.45) is 0 Å². The van der Waals surface area contributed by atoms with Crippen LogP contribution in [0.4, 0.5) is 10.5 Å². The number of amides is 3. The van der Waals surface area contributed by atoms with Crippen LogP contribution in [0.3, 0.4) is 0 Å². The Bertz CT molecular complexity index is 548. The summed E-state index contributed by atoms with van der Waals surface area (Å²) in [7, 11) is 0. The van der Waals surface area contributed by atoms with Gasteiger partial charge in [-0.1, -0.05) is 17.7 Å². The molecule has 0 heterocycles. The fourth-order valence-corrected chi connectivity index (χ4v) is 1.84. The zero-order valence-electron chi connectivity index (χ0n) is 11.4. The van der Waals surface area contributed by atoms with Gasteiger partial charge in [-0.3, -0.25) is 4.79 Å². The Balaban J connectivity index is 2.58. The zero-order valence-corrected chi connectivity index (χ0v) is 12.2. The van der Waals surface area contributed by atoms with Crippen molar-refractivity contribution in [3.63, 3.8) is 0 Å². The third-order valence-corrected chi connectivity index (χ3v) is 2.80. The first-order chi connectivity index (χ1) is 9.95. The molecule has 0 bridgehead atoms. The molecule has 0 atom stereocenters. The van der Waals surface area contributed by atoms with Crippen molar-refractivity contribution in [2.45, 2.75) is 13.3 Å². The Labute approximate surface area is 126 Å². The van der Waals surface area contributed by atoms with Crippen LogP contribution in [0.25, 0.3) is 0 Å². The quantitative estimate of drug-likeness (QED) is 0.641. The SMILES string of the molecule is CCNC(=O)CCNC(=O)Nc1cccc(Cl)c1C(=O)O. The van der Waals surface area contributed by atoms with Crippen molar-refractivity contribution in [2.75, 3.05) is 18.4 Å². The molecule has 4 N–H and O–H groups in total. The molecule has 3 amide bonds. The average molecular weight is 314 g/mol. The number of nitrogens with one attached hydrogen (secondary N) is 3. The Morgan fingerprint density at radius 3 is 2.57 bits per heavy atom. The number of hydrogen-bond donors (Lipinski definition) is 4. The highest BCUT2D eigenvalue weighted by molar-refractivity contribution is 6.34. The molecule has 0 aliphatic rings. The maximum atomic E-state index is 11.6. The second kappa shape index (κ2) is 8.11. The third kappa shape index (κ3) is 5.31. The number of urea groups is 1. The summed E-state index contributed by atoms with van der Waals surface area (Å²) in [6.45, 7) is 2.46. The molecule has 1 aromatic rings. The molecule has 114 valence electrons. The van der Waals surface area contributed by atoms with Crippen molar-refractivity contribution in [1.82, 2.24) is 10.6 Å². The van der Waals surface area contributed by atoms with Gasteiger partial charge in [0.25, 0.3) is 0 Å². The van der Waals surface area contributed by atoms with Gasteiger partial charge in [0.2, 0.25) is 5.91 Å². The van der Waals surface area contributed by atoms with E-state index in [0.29, 0.717) is 6.54 Å². The van der Waals surface area contributed by atoms with Crippen molar-refractivity contribution in [3.8, 4) is 0 Å². The first kappa shape index (κ1) is 16.8. The van der Waals surface area contributed by atoms with Gasteiger partial charge in [-0.15, -0.1) is 0 Å². The largest absolute Gasteiger partial charge is 0.478 e. The van der Waals surface area contributed by atoms with E-state index in [1.54, 1.807) is 6.92 Å². The molecule has 21 heavy (non-hydrogen) atoms. The topological polar surface area (TPSA) is 108 Å². The predicted octanol–water partition coefficient (Wildman–Crippen LogP) is 1.69. The van der Waals surface area contributed by atoms with Gasteiger partial charge in [-0.2, -0.15) is 0 Å². The van der Waals surface area contributed by atoms with Gasteiger partial charge in [0.1, 0.15) is 5.56 Å². The van der Waals surface area contributed by atoms with Crippen LogP contribution in [0.15, 0.2) is 18.2 Å². The molecular weight excluding hydrogens is 298 g/mol. The maximum Gasteiger partial charge on any atom is 0.339 e. The fourth-order valence-electron chi connectivity index (χ4n) is 1.59. The highest BCUT2D eigenvalue weighted by Gasteiger charge is 2.15. The predicted molar refractivity (Wildman–Crippen MR) is 78.7 cm³/mol. The lowest BCUT2D eigenvalue weighted by Crippen LogP contribution is -2.33. The number of aromatic carboxylic acids is 1. The van der Waals surface area contributed by atoms with Crippen LogP contribution in [0.1, 0.15) is 23.7 Å². The molecule has 1 aromatic carbocycles. The number of carboxylic acid groups (broad SMARTS) is 1. The third-order valence-electron chi connectivity index (χ3n) is 2.49. The Hall–Kier alpha value is -2.28. The summed E-state index contributed by atoms with van der Waals surface area (Å²) in [4.78, 5) is 33.9. The number of carbonyl (C=O) groups excluding carboxylic acids is 2. The molecule has 0 spiro atoms. The normalized spacial score (nSPS) is 9.81. The highest BCUT2D eigenvalue weighted by Crippen LogP contribution is 2.24. The number of carboxylic acids is 1. The molecule has 0 aliphatic carbocycles.